The van der Waals surface area contributed by atoms with Crippen LogP contribution in [-0.2, 0) is 10.0 Å². The summed E-state index contributed by atoms with van der Waals surface area (Å²) in [5.74, 6) is 2.32. The molecule has 0 N–H and O–H groups in total. The van der Waals surface area contributed by atoms with E-state index in [1.54, 1.807) is 12.1 Å². The van der Waals surface area contributed by atoms with Gasteiger partial charge in [-0.05, 0) is 42.2 Å². The zero-order valence-corrected chi connectivity index (χ0v) is 16.0. The molecule has 1 unspecified atom stereocenters. The topological polar surface area (TPSA) is 74.3 Å². The second-order valence-corrected chi connectivity index (χ2v) is 8.38. The van der Waals surface area contributed by atoms with Gasteiger partial charge in [-0.15, -0.1) is 0 Å². The number of hydrogen-bond acceptors (Lipinski definition) is 6. The second-order valence-electron chi connectivity index (χ2n) is 6.48. The van der Waals surface area contributed by atoms with E-state index in [9.17, 15) is 8.42 Å². The van der Waals surface area contributed by atoms with Crippen LogP contribution >= 0.6 is 0 Å². The predicted octanol–water partition coefficient (Wildman–Crippen LogP) is 2.61. The Labute approximate surface area is 158 Å². The summed E-state index contributed by atoms with van der Waals surface area (Å²) in [6, 6.07) is 10.6. The molecule has 1 fully saturated rings. The number of methoxy groups -OCH3 is 2. The highest BCUT2D eigenvalue weighted by atomic mass is 32.2. The van der Waals surface area contributed by atoms with Crippen LogP contribution in [0.3, 0.4) is 0 Å². The first-order chi connectivity index (χ1) is 13.0. The third-order valence-corrected chi connectivity index (χ3v) is 6.89. The highest BCUT2D eigenvalue weighted by Gasteiger charge is 2.35. The molecule has 4 rings (SSSR count). The van der Waals surface area contributed by atoms with Crippen LogP contribution in [-0.4, -0.2) is 46.8 Å². The van der Waals surface area contributed by atoms with Crippen LogP contribution in [0.4, 0.5) is 0 Å². The van der Waals surface area contributed by atoms with Gasteiger partial charge >= 0.3 is 0 Å². The van der Waals surface area contributed by atoms with Crippen molar-refractivity contribution in [3.05, 3.63) is 42.0 Å². The molecule has 0 amide bonds. The molecular formula is C19H21NO6S. The summed E-state index contributed by atoms with van der Waals surface area (Å²) in [6.07, 6.45) is 0.741. The van der Waals surface area contributed by atoms with E-state index in [0.717, 1.165) is 17.7 Å². The third-order valence-electron chi connectivity index (χ3n) is 5.01. The molecule has 2 aromatic carbocycles. The fourth-order valence-corrected chi connectivity index (χ4v) is 5.18. The van der Waals surface area contributed by atoms with Crippen molar-refractivity contribution >= 4 is 10.0 Å². The van der Waals surface area contributed by atoms with Crippen LogP contribution in [0.2, 0.25) is 0 Å². The molecule has 8 heteroatoms. The zero-order valence-electron chi connectivity index (χ0n) is 15.2. The lowest BCUT2D eigenvalue weighted by atomic mass is 9.98. The number of sulfonamides is 1. The summed E-state index contributed by atoms with van der Waals surface area (Å²) in [5.41, 5.74) is 1.05. The molecule has 2 aliphatic rings. The van der Waals surface area contributed by atoms with E-state index in [2.05, 4.69) is 0 Å². The molecule has 0 radical (unpaired) electrons. The van der Waals surface area contributed by atoms with Gasteiger partial charge < -0.3 is 18.9 Å². The Kier molecular flexibility index (Phi) is 4.61. The monoisotopic (exact) mass is 391 g/mol. The lowest BCUT2D eigenvalue weighted by Gasteiger charge is -2.19. The van der Waals surface area contributed by atoms with E-state index in [1.807, 2.05) is 18.2 Å². The molecule has 2 heterocycles. The van der Waals surface area contributed by atoms with Gasteiger partial charge in [0.1, 0.15) is 16.4 Å². The largest absolute Gasteiger partial charge is 0.497 e. The van der Waals surface area contributed by atoms with Crippen molar-refractivity contribution < 1.29 is 27.4 Å². The van der Waals surface area contributed by atoms with E-state index in [1.165, 1.54) is 24.6 Å². The fraction of sp³-hybridized carbons (Fsp3) is 0.368. The van der Waals surface area contributed by atoms with Gasteiger partial charge in [-0.25, -0.2) is 8.42 Å². The highest BCUT2D eigenvalue weighted by Crippen LogP contribution is 2.39. The smallest absolute Gasteiger partial charge is 0.246 e. The number of benzene rings is 2. The molecule has 0 saturated carbocycles. The van der Waals surface area contributed by atoms with Gasteiger partial charge in [-0.3, -0.25) is 0 Å². The molecule has 1 atom stereocenters. The second kappa shape index (κ2) is 6.94. The zero-order chi connectivity index (χ0) is 19.0. The number of fused-ring (bicyclic) bond motifs is 1. The summed E-state index contributed by atoms with van der Waals surface area (Å²) in [5, 5.41) is 0. The third kappa shape index (κ3) is 3.19. The maximum atomic E-state index is 13.2. The van der Waals surface area contributed by atoms with E-state index in [-0.39, 0.29) is 17.6 Å². The average Bonchev–Trinajstić information content (AvgIpc) is 3.36. The van der Waals surface area contributed by atoms with Crippen LogP contribution in [0.5, 0.6) is 23.0 Å². The molecular weight excluding hydrogens is 370 g/mol. The van der Waals surface area contributed by atoms with E-state index in [4.69, 9.17) is 18.9 Å². The molecule has 144 valence electrons. The van der Waals surface area contributed by atoms with Crippen LogP contribution < -0.4 is 18.9 Å². The SMILES string of the molecule is COc1ccc(OC)c(S(=O)(=O)N2CCC(c3ccc4c(c3)OCO4)C2)c1. The molecule has 0 aliphatic carbocycles. The van der Waals surface area contributed by atoms with Crippen LogP contribution in [0.25, 0.3) is 0 Å². The highest BCUT2D eigenvalue weighted by molar-refractivity contribution is 7.89. The standard InChI is InChI=1S/C19H21NO6S/c1-23-15-4-6-17(24-2)19(10-15)27(21,22)20-8-7-14(11-20)13-3-5-16-18(9-13)26-12-25-16/h3-6,9-10,14H,7-8,11-12H2,1-2H3. The van der Waals surface area contributed by atoms with Crippen molar-refractivity contribution in [2.45, 2.75) is 17.2 Å². The van der Waals surface area contributed by atoms with Gasteiger partial charge in [0.2, 0.25) is 16.8 Å². The van der Waals surface area contributed by atoms with Crippen molar-refractivity contribution in [2.24, 2.45) is 0 Å². The molecule has 1 saturated heterocycles. The molecule has 0 bridgehead atoms. The first-order valence-electron chi connectivity index (χ1n) is 8.64. The Morgan fingerprint density at radius 1 is 1.04 bits per heavy atom. The molecule has 0 spiro atoms. The van der Waals surface area contributed by atoms with Gasteiger partial charge in [0.05, 0.1) is 14.2 Å². The Morgan fingerprint density at radius 2 is 1.85 bits per heavy atom. The Bertz CT molecular complexity index is 959. The number of ether oxygens (including phenoxy) is 4. The number of rotatable bonds is 5. The summed E-state index contributed by atoms with van der Waals surface area (Å²) < 4.78 is 49.1. The van der Waals surface area contributed by atoms with Crippen molar-refractivity contribution in [3.8, 4) is 23.0 Å². The summed E-state index contributed by atoms with van der Waals surface area (Å²) >= 11 is 0. The fourth-order valence-electron chi connectivity index (χ4n) is 3.51. The molecule has 7 nitrogen and oxygen atoms in total. The van der Waals surface area contributed by atoms with Gasteiger partial charge in [-0.2, -0.15) is 4.31 Å². The van der Waals surface area contributed by atoms with E-state index in [0.29, 0.717) is 30.3 Å². The summed E-state index contributed by atoms with van der Waals surface area (Å²) in [7, 11) is -0.732. The van der Waals surface area contributed by atoms with Gasteiger partial charge in [-0.1, -0.05) is 6.07 Å². The Morgan fingerprint density at radius 3 is 2.63 bits per heavy atom. The van der Waals surface area contributed by atoms with Gasteiger partial charge in [0.25, 0.3) is 0 Å². The summed E-state index contributed by atoms with van der Waals surface area (Å²) in [6.45, 7) is 1.07. The van der Waals surface area contributed by atoms with Crippen molar-refractivity contribution in [3.63, 3.8) is 0 Å². The number of hydrogen-bond donors (Lipinski definition) is 0. The van der Waals surface area contributed by atoms with Crippen molar-refractivity contribution in [2.75, 3.05) is 34.1 Å². The first-order valence-corrected chi connectivity index (χ1v) is 10.1. The van der Waals surface area contributed by atoms with Gasteiger partial charge in [0.15, 0.2) is 11.5 Å². The molecule has 2 aromatic rings. The van der Waals surface area contributed by atoms with Crippen LogP contribution in [0.15, 0.2) is 41.3 Å². The average molecular weight is 391 g/mol. The predicted molar refractivity (Wildman–Crippen MR) is 98.2 cm³/mol. The van der Waals surface area contributed by atoms with Crippen LogP contribution in [0.1, 0.15) is 17.9 Å². The van der Waals surface area contributed by atoms with E-state index < -0.39 is 10.0 Å². The summed E-state index contributed by atoms with van der Waals surface area (Å²) in [4.78, 5) is 0.121. The minimum atomic E-state index is -3.69. The minimum absolute atomic E-state index is 0.103. The first kappa shape index (κ1) is 17.9. The molecule has 0 aromatic heterocycles. The van der Waals surface area contributed by atoms with Crippen molar-refractivity contribution in [1.82, 2.24) is 4.31 Å². The molecule has 2 aliphatic heterocycles. The normalized spacial score (nSPS) is 19.3. The Balaban J connectivity index is 1.59. The molecule has 27 heavy (non-hydrogen) atoms. The maximum absolute atomic E-state index is 13.2. The quantitative estimate of drug-likeness (QED) is 0.780. The minimum Gasteiger partial charge on any atom is -0.497 e. The Hall–Kier alpha value is -2.45. The lowest BCUT2D eigenvalue weighted by Crippen LogP contribution is -2.29. The number of nitrogens with zero attached hydrogens (tertiary/aromatic N) is 1. The van der Waals surface area contributed by atoms with Crippen LogP contribution in [0, 0.1) is 0 Å². The van der Waals surface area contributed by atoms with Gasteiger partial charge in [0, 0.05) is 19.2 Å². The maximum Gasteiger partial charge on any atom is 0.246 e. The lowest BCUT2D eigenvalue weighted by molar-refractivity contribution is 0.174. The van der Waals surface area contributed by atoms with Crippen molar-refractivity contribution in [1.29, 1.82) is 0 Å². The van der Waals surface area contributed by atoms with E-state index >= 15 is 0 Å².